The number of carbonyl (C=O) groups excluding carboxylic acids is 2. The number of carboxylic acids is 2. The second-order valence-corrected chi connectivity index (χ2v) is 0.983. The van der Waals surface area contributed by atoms with E-state index in [2.05, 4.69) is 0 Å². The Morgan fingerprint density at radius 2 is 1.00 bits per heavy atom. The van der Waals surface area contributed by atoms with Gasteiger partial charge in [-0.2, -0.15) is 0 Å². The van der Waals surface area contributed by atoms with Gasteiger partial charge in [-0.25, -0.2) is 0 Å². The second-order valence-electron chi connectivity index (χ2n) is 0.983. The second kappa shape index (κ2) is 10.0. The molecule has 0 fully saturated rings. The standard InChI is InChI=1S/2C2H4O2.CH4/c2*1-2(3)4;/h2*1H3,(H,3,4);1H4/p-2. The van der Waals surface area contributed by atoms with Crippen molar-refractivity contribution in [2.75, 3.05) is 0 Å². The monoisotopic (exact) mass is 134 g/mol. The molecule has 0 aliphatic carbocycles. The third kappa shape index (κ3) is 151. The lowest BCUT2D eigenvalue weighted by Crippen LogP contribution is -2.16. The van der Waals surface area contributed by atoms with Gasteiger partial charge in [-0.3, -0.25) is 0 Å². The maximum atomic E-state index is 8.89. The average Bonchev–Trinajstić information content (AvgIpc) is 1.25. The minimum Gasteiger partial charge on any atom is -0.550 e. The van der Waals surface area contributed by atoms with Crippen LogP contribution in [-0.4, -0.2) is 11.9 Å². The molecule has 0 rings (SSSR count). The Morgan fingerprint density at radius 3 is 1.00 bits per heavy atom. The Labute approximate surface area is 54.1 Å². The van der Waals surface area contributed by atoms with E-state index < -0.39 is 11.9 Å². The fourth-order valence-corrected chi connectivity index (χ4v) is 0. The van der Waals surface area contributed by atoms with Gasteiger partial charge in [0.1, 0.15) is 0 Å². The maximum Gasteiger partial charge on any atom is 0.0383 e. The first-order chi connectivity index (χ1) is 3.46. The van der Waals surface area contributed by atoms with E-state index in [1.54, 1.807) is 0 Å². The third-order valence-corrected chi connectivity index (χ3v) is 0. The SMILES string of the molecule is C.CC(=O)[O-].CC(=O)[O-]. The van der Waals surface area contributed by atoms with Crippen LogP contribution in [0.4, 0.5) is 0 Å². The highest BCUT2D eigenvalue weighted by Crippen LogP contribution is 1.31. The molecule has 0 saturated carbocycles. The van der Waals surface area contributed by atoms with Gasteiger partial charge in [0.15, 0.2) is 0 Å². The minimum atomic E-state index is -1.08. The highest BCUT2D eigenvalue weighted by molar-refractivity contribution is 5.60. The van der Waals surface area contributed by atoms with Crippen molar-refractivity contribution in [3.8, 4) is 0 Å². The number of rotatable bonds is 0. The van der Waals surface area contributed by atoms with Crippen LogP contribution in [0.3, 0.4) is 0 Å². The van der Waals surface area contributed by atoms with Crippen molar-refractivity contribution in [1.82, 2.24) is 0 Å². The molecule has 0 aliphatic rings. The summed E-state index contributed by atoms with van der Waals surface area (Å²) in [5.74, 6) is -2.17. The zero-order valence-corrected chi connectivity index (χ0v) is 4.63. The smallest absolute Gasteiger partial charge is 0.0383 e. The average molecular weight is 134 g/mol. The van der Waals surface area contributed by atoms with Gasteiger partial charge in [0.2, 0.25) is 0 Å². The van der Waals surface area contributed by atoms with Crippen LogP contribution in [0.2, 0.25) is 0 Å². The lowest BCUT2D eigenvalue weighted by molar-refractivity contribution is -0.303. The van der Waals surface area contributed by atoms with Crippen LogP contribution in [0.25, 0.3) is 0 Å². The number of hydrogen-bond donors (Lipinski definition) is 0. The zero-order valence-electron chi connectivity index (χ0n) is 4.63. The van der Waals surface area contributed by atoms with Crippen LogP contribution in [0.1, 0.15) is 21.3 Å². The van der Waals surface area contributed by atoms with Crippen LogP contribution in [-0.2, 0) is 9.59 Å². The molecule has 0 saturated heterocycles. The Kier molecular flexibility index (Phi) is 17.5. The van der Waals surface area contributed by atoms with Gasteiger partial charge in [-0.1, -0.05) is 7.43 Å². The zero-order chi connectivity index (χ0) is 7.15. The molecule has 0 heterocycles. The normalized spacial score (nSPS) is 5.56. The van der Waals surface area contributed by atoms with Crippen LogP contribution >= 0.6 is 0 Å². The molecule has 0 unspecified atom stereocenters. The highest BCUT2D eigenvalue weighted by Gasteiger charge is 1.46. The highest BCUT2D eigenvalue weighted by atomic mass is 16.4. The van der Waals surface area contributed by atoms with Crippen molar-refractivity contribution in [1.29, 1.82) is 0 Å². The molecule has 0 aromatic heterocycles. The molecule has 0 aliphatic heterocycles. The Bertz CT molecular complexity index is 67.0. The molecule has 0 amide bonds. The number of carbonyl (C=O) groups is 2. The Morgan fingerprint density at radius 1 is 1.00 bits per heavy atom. The molecule has 0 bridgehead atoms. The van der Waals surface area contributed by atoms with E-state index in [1.807, 2.05) is 0 Å². The summed E-state index contributed by atoms with van der Waals surface area (Å²) in [7, 11) is 0. The largest absolute Gasteiger partial charge is 0.550 e. The van der Waals surface area contributed by atoms with Crippen LogP contribution < -0.4 is 10.2 Å². The number of hydrogen-bond acceptors (Lipinski definition) is 4. The van der Waals surface area contributed by atoms with E-state index in [0.717, 1.165) is 13.8 Å². The van der Waals surface area contributed by atoms with Crippen LogP contribution in [0.5, 0.6) is 0 Å². The molecule has 0 radical (unpaired) electrons. The molecule has 56 valence electrons. The molecule has 0 atom stereocenters. The van der Waals surface area contributed by atoms with E-state index in [-0.39, 0.29) is 7.43 Å². The molecule has 0 aromatic rings. The molecule has 0 aromatic carbocycles. The molecule has 4 heteroatoms. The summed E-state index contributed by atoms with van der Waals surface area (Å²) in [6.45, 7) is 1.94. The summed E-state index contributed by atoms with van der Waals surface area (Å²) in [5, 5.41) is 17.8. The predicted molar refractivity (Wildman–Crippen MR) is 28.1 cm³/mol. The van der Waals surface area contributed by atoms with Crippen molar-refractivity contribution < 1.29 is 19.8 Å². The molecule has 0 spiro atoms. The van der Waals surface area contributed by atoms with Gasteiger partial charge in [0.05, 0.1) is 0 Å². The number of aliphatic carboxylic acids is 2. The maximum absolute atomic E-state index is 8.89. The minimum absolute atomic E-state index is 0. The summed E-state index contributed by atoms with van der Waals surface area (Å²) in [5.41, 5.74) is 0. The van der Waals surface area contributed by atoms with Crippen molar-refractivity contribution in [3.05, 3.63) is 0 Å². The summed E-state index contributed by atoms with van der Waals surface area (Å²) < 4.78 is 0. The van der Waals surface area contributed by atoms with Crippen molar-refractivity contribution in [2.45, 2.75) is 21.3 Å². The molecule has 9 heavy (non-hydrogen) atoms. The first-order valence-corrected chi connectivity index (χ1v) is 1.82. The number of carboxylic acid groups (broad SMARTS) is 2. The summed E-state index contributed by atoms with van der Waals surface area (Å²) in [6.07, 6.45) is 0. The van der Waals surface area contributed by atoms with Gasteiger partial charge in [-0.15, -0.1) is 0 Å². The Balaban J connectivity index is -0.0000000720. The van der Waals surface area contributed by atoms with Crippen LogP contribution in [0, 0.1) is 0 Å². The quantitative estimate of drug-likeness (QED) is 0.389. The molecule has 0 N–H and O–H groups in total. The first kappa shape index (κ1) is 15.7. The summed E-state index contributed by atoms with van der Waals surface area (Å²) in [6, 6.07) is 0. The van der Waals surface area contributed by atoms with Gasteiger partial charge in [0, 0.05) is 11.9 Å². The van der Waals surface area contributed by atoms with Gasteiger partial charge >= 0.3 is 0 Å². The van der Waals surface area contributed by atoms with Gasteiger partial charge < -0.3 is 19.8 Å². The van der Waals surface area contributed by atoms with Gasteiger partial charge in [0.25, 0.3) is 0 Å². The molecule has 4 nitrogen and oxygen atoms in total. The predicted octanol–water partition coefficient (Wildman–Crippen LogP) is -1.85. The van der Waals surface area contributed by atoms with Gasteiger partial charge in [-0.05, 0) is 13.8 Å². The fourth-order valence-electron chi connectivity index (χ4n) is 0. The Hall–Kier alpha value is -1.06. The van der Waals surface area contributed by atoms with Crippen molar-refractivity contribution >= 4 is 11.9 Å². The summed E-state index contributed by atoms with van der Waals surface area (Å²) in [4.78, 5) is 17.8. The van der Waals surface area contributed by atoms with E-state index in [0.29, 0.717) is 0 Å². The third-order valence-electron chi connectivity index (χ3n) is 0. The summed E-state index contributed by atoms with van der Waals surface area (Å²) >= 11 is 0. The van der Waals surface area contributed by atoms with E-state index in [9.17, 15) is 0 Å². The fraction of sp³-hybridized carbons (Fsp3) is 0.600. The first-order valence-electron chi connectivity index (χ1n) is 1.82. The van der Waals surface area contributed by atoms with E-state index in [1.165, 1.54) is 0 Å². The van der Waals surface area contributed by atoms with Crippen LogP contribution in [0.15, 0.2) is 0 Å². The molecular weight excluding hydrogens is 124 g/mol. The van der Waals surface area contributed by atoms with Crippen molar-refractivity contribution in [2.24, 2.45) is 0 Å². The lowest BCUT2D eigenvalue weighted by Gasteiger charge is -1.77. The topological polar surface area (TPSA) is 80.3 Å². The van der Waals surface area contributed by atoms with E-state index >= 15 is 0 Å². The molecular formula is C5H10O4-2. The van der Waals surface area contributed by atoms with E-state index in [4.69, 9.17) is 19.8 Å². The van der Waals surface area contributed by atoms with Crippen molar-refractivity contribution in [3.63, 3.8) is 0 Å². The lowest BCUT2D eigenvalue weighted by atomic mass is 10.9.